The largest absolute Gasteiger partial charge is 0.455 e. The molecule has 0 radical (unpaired) electrons. The van der Waals surface area contributed by atoms with Gasteiger partial charge in [0.2, 0.25) is 11.8 Å². The van der Waals surface area contributed by atoms with Gasteiger partial charge in [-0.15, -0.1) is 0 Å². The van der Waals surface area contributed by atoms with Crippen molar-refractivity contribution in [3.05, 3.63) is 83.9 Å². The van der Waals surface area contributed by atoms with Gasteiger partial charge in [0.1, 0.15) is 6.10 Å². The molecule has 0 saturated heterocycles. The van der Waals surface area contributed by atoms with Crippen molar-refractivity contribution in [1.82, 2.24) is 10.6 Å². The summed E-state index contributed by atoms with van der Waals surface area (Å²) in [5.74, 6) is -1.59. The Morgan fingerprint density at radius 3 is 2.35 bits per heavy atom. The third-order valence-electron chi connectivity index (χ3n) is 8.13. The minimum atomic E-state index is -0.639. The summed E-state index contributed by atoms with van der Waals surface area (Å²) in [7, 11) is 0. The van der Waals surface area contributed by atoms with E-state index in [0.29, 0.717) is 19.3 Å². The third kappa shape index (κ3) is 8.52. The number of carbonyl (C=O) groups excluding carboxylic acids is 3. The van der Waals surface area contributed by atoms with Crippen LogP contribution in [0.25, 0.3) is 0 Å². The van der Waals surface area contributed by atoms with Crippen LogP contribution in [0.15, 0.2) is 72.8 Å². The highest BCUT2D eigenvalue weighted by molar-refractivity contribution is 5.86. The van der Waals surface area contributed by atoms with Crippen LogP contribution in [0.2, 0.25) is 0 Å². The molecule has 2 aromatic rings. The number of ether oxygens (including phenoxy) is 1. The highest BCUT2D eigenvalue weighted by Gasteiger charge is 2.35. The molecule has 0 bridgehead atoms. The van der Waals surface area contributed by atoms with Crippen molar-refractivity contribution in [2.45, 2.75) is 75.9 Å². The first-order valence-corrected chi connectivity index (χ1v) is 14.6. The van der Waals surface area contributed by atoms with E-state index in [-0.39, 0.29) is 43.3 Å². The van der Waals surface area contributed by atoms with Gasteiger partial charge in [0.25, 0.3) is 0 Å². The Balaban J connectivity index is 1.49. The van der Waals surface area contributed by atoms with Gasteiger partial charge in [-0.3, -0.25) is 14.4 Å². The standard InChI is InChI=1S/C33H42N2O5/c36-24-33(19-11-12-20-33)35-30(37)22-27-17-7-1-2-8-18-28(21-25-13-5-3-6-14-25)32(39)40-29(23-34-31(27)38)26-15-9-4-10-16-26/h1,3-7,9-10,13-16,27-29,36H,2,8,11-12,17-24H2,(H,34,38)(H,35,37). The lowest BCUT2D eigenvalue weighted by molar-refractivity contribution is -0.155. The van der Waals surface area contributed by atoms with E-state index in [1.54, 1.807) is 0 Å². The van der Waals surface area contributed by atoms with E-state index in [1.165, 1.54) is 0 Å². The van der Waals surface area contributed by atoms with Gasteiger partial charge in [0.05, 0.1) is 30.5 Å². The van der Waals surface area contributed by atoms with E-state index >= 15 is 0 Å². The average molecular weight is 547 g/mol. The molecule has 0 spiro atoms. The van der Waals surface area contributed by atoms with Crippen molar-refractivity contribution in [2.75, 3.05) is 13.2 Å². The molecule has 7 heteroatoms. The first-order valence-electron chi connectivity index (χ1n) is 14.6. The highest BCUT2D eigenvalue weighted by atomic mass is 16.5. The Hall–Kier alpha value is -3.45. The van der Waals surface area contributed by atoms with Crippen molar-refractivity contribution in [1.29, 1.82) is 0 Å². The molecule has 2 aliphatic rings. The Morgan fingerprint density at radius 1 is 0.950 bits per heavy atom. The Labute approximate surface area is 237 Å². The molecule has 2 amide bonds. The molecular weight excluding hydrogens is 504 g/mol. The maximum atomic E-state index is 13.5. The van der Waals surface area contributed by atoms with E-state index < -0.39 is 17.6 Å². The van der Waals surface area contributed by atoms with Gasteiger partial charge in [-0.25, -0.2) is 0 Å². The minimum Gasteiger partial charge on any atom is -0.455 e. The summed E-state index contributed by atoms with van der Waals surface area (Å²) in [5, 5.41) is 15.9. The molecule has 1 saturated carbocycles. The number of aliphatic hydroxyl groups excluding tert-OH is 1. The molecule has 3 unspecified atom stereocenters. The second-order valence-corrected chi connectivity index (χ2v) is 11.2. The van der Waals surface area contributed by atoms with Gasteiger partial charge in [-0.2, -0.15) is 0 Å². The Morgan fingerprint density at radius 2 is 1.65 bits per heavy atom. The van der Waals surface area contributed by atoms with Crippen LogP contribution in [0, 0.1) is 11.8 Å². The van der Waals surface area contributed by atoms with Crippen LogP contribution >= 0.6 is 0 Å². The molecule has 7 nitrogen and oxygen atoms in total. The maximum Gasteiger partial charge on any atom is 0.309 e. The minimum absolute atomic E-state index is 0.0346. The fourth-order valence-electron chi connectivity index (χ4n) is 5.76. The van der Waals surface area contributed by atoms with E-state index in [2.05, 4.69) is 10.6 Å². The maximum absolute atomic E-state index is 13.5. The van der Waals surface area contributed by atoms with Gasteiger partial charge in [-0.1, -0.05) is 85.7 Å². The second-order valence-electron chi connectivity index (χ2n) is 11.2. The molecule has 1 aliphatic carbocycles. The van der Waals surface area contributed by atoms with E-state index in [4.69, 9.17) is 4.74 Å². The van der Waals surface area contributed by atoms with Gasteiger partial charge in [0, 0.05) is 6.42 Å². The number of benzene rings is 2. The number of rotatable bonds is 7. The summed E-state index contributed by atoms with van der Waals surface area (Å²) in [6.45, 7) is 0.0277. The lowest BCUT2D eigenvalue weighted by atomic mass is 9.93. The zero-order valence-corrected chi connectivity index (χ0v) is 23.2. The summed E-state index contributed by atoms with van der Waals surface area (Å²) < 4.78 is 6.07. The van der Waals surface area contributed by atoms with Crippen LogP contribution in [0.1, 0.15) is 75.0 Å². The number of hydrogen-bond acceptors (Lipinski definition) is 5. The number of cyclic esters (lactones) is 1. The monoisotopic (exact) mass is 546 g/mol. The smallest absolute Gasteiger partial charge is 0.309 e. The molecule has 40 heavy (non-hydrogen) atoms. The first kappa shape index (κ1) is 29.5. The number of esters is 1. The van der Waals surface area contributed by atoms with Crippen molar-refractivity contribution < 1.29 is 24.2 Å². The Bertz CT molecular complexity index is 1130. The summed E-state index contributed by atoms with van der Waals surface area (Å²) in [6.07, 6.45) is 10.2. The van der Waals surface area contributed by atoms with E-state index in [0.717, 1.165) is 49.7 Å². The summed E-state index contributed by atoms with van der Waals surface area (Å²) in [5.41, 5.74) is 1.32. The molecule has 0 aromatic heterocycles. The quantitative estimate of drug-likeness (QED) is 0.342. The summed E-state index contributed by atoms with van der Waals surface area (Å²) in [6, 6.07) is 19.4. The molecule has 2 aromatic carbocycles. The van der Waals surface area contributed by atoms with Gasteiger partial charge in [0.15, 0.2) is 0 Å². The number of amides is 2. The second kappa shape index (κ2) is 14.8. The zero-order chi connectivity index (χ0) is 28.2. The molecule has 214 valence electrons. The summed E-state index contributed by atoms with van der Waals surface area (Å²) in [4.78, 5) is 39.8. The summed E-state index contributed by atoms with van der Waals surface area (Å²) >= 11 is 0. The predicted octanol–water partition coefficient (Wildman–Crippen LogP) is 4.80. The van der Waals surface area contributed by atoms with Gasteiger partial charge < -0.3 is 20.5 Å². The molecule has 3 atom stereocenters. The van der Waals surface area contributed by atoms with Gasteiger partial charge in [-0.05, 0) is 56.1 Å². The lowest BCUT2D eigenvalue weighted by Crippen LogP contribution is -2.50. The fourth-order valence-corrected chi connectivity index (χ4v) is 5.76. The van der Waals surface area contributed by atoms with Crippen molar-refractivity contribution in [3.8, 4) is 0 Å². The highest BCUT2D eigenvalue weighted by Crippen LogP contribution is 2.30. The molecule has 1 fully saturated rings. The SMILES string of the molecule is O=C(CC1CC=CCCCC(Cc2ccccc2)C(=O)OC(c2ccccc2)CNC1=O)NC1(CO)CCCC1. The van der Waals surface area contributed by atoms with Crippen LogP contribution in [-0.4, -0.2) is 41.6 Å². The number of hydrogen-bond donors (Lipinski definition) is 3. The van der Waals surface area contributed by atoms with Crippen LogP contribution in [0.4, 0.5) is 0 Å². The first-order chi connectivity index (χ1) is 19.5. The van der Waals surface area contributed by atoms with Crippen LogP contribution in [0.5, 0.6) is 0 Å². The van der Waals surface area contributed by atoms with Crippen molar-refractivity contribution in [3.63, 3.8) is 0 Å². The van der Waals surface area contributed by atoms with Crippen molar-refractivity contribution in [2.24, 2.45) is 11.8 Å². The van der Waals surface area contributed by atoms with Crippen LogP contribution < -0.4 is 10.6 Å². The van der Waals surface area contributed by atoms with Crippen molar-refractivity contribution >= 4 is 17.8 Å². The molecule has 1 heterocycles. The third-order valence-corrected chi connectivity index (χ3v) is 8.13. The fraction of sp³-hybridized carbons (Fsp3) is 0.485. The van der Waals surface area contributed by atoms with E-state index in [9.17, 15) is 19.5 Å². The normalized spacial score (nSPS) is 24.0. The van der Waals surface area contributed by atoms with Crippen LogP contribution in [0.3, 0.4) is 0 Å². The molecule has 1 aliphatic heterocycles. The number of allylic oxidation sites excluding steroid dienone is 2. The number of nitrogens with one attached hydrogen (secondary N) is 2. The average Bonchev–Trinajstić information content (AvgIpc) is 3.44. The zero-order valence-electron chi connectivity index (χ0n) is 23.2. The number of aliphatic hydroxyl groups is 1. The predicted molar refractivity (Wildman–Crippen MR) is 154 cm³/mol. The Kier molecular flexibility index (Phi) is 10.9. The van der Waals surface area contributed by atoms with Crippen LogP contribution in [-0.2, 0) is 25.5 Å². The molecule has 3 N–H and O–H groups in total. The molecular formula is C33H42N2O5. The van der Waals surface area contributed by atoms with Gasteiger partial charge >= 0.3 is 5.97 Å². The topological polar surface area (TPSA) is 105 Å². The van der Waals surface area contributed by atoms with E-state index in [1.807, 2.05) is 72.8 Å². The molecule has 4 rings (SSSR count). The number of carbonyl (C=O) groups is 3. The lowest BCUT2D eigenvalue weighted by Gasteiger charge is -2.29.